The number of carbonyl (C=O) groups excluding carboxylic acids is 1. The van der Waals surface area contributed by atoms with Crippen LogP contribution in [0, 0.1) is 17.8 Å². The second-order valence-corrected chi connectivity index (χ2v) is 4.29. The zero-order valence-corrected chi connectivity index (χ0v) is 7.83. The van der Waals surface area contributed by atoms with E-state index in [1.54, 1.807) is 0 Å². The molecule has 0 bridgehead atoms. The van der Waals surface area contributed by atoms with Gasteiger partial charge in [0.15, 0.2) is 0 Å². The average molecular weight is 183 g/mol. The summed E-state index contributed by atoms with van der Waals surface area (Å²) in [6, 6.07) is 0. The average Bonchev–Trinajstić information content (AvgIpc) is 2.74. The minimum absolute atomic E-state index is 0.163. The Morgan fingerprint density at radius 2 is 2.00 bits per heavy atom. The fourth-order valence-corrected chi connectivity index (χ4v) is 2.36. The van der Waals surface area contributed by atoms with Crippen molar-refractivity contribution in [3.63, 3.8) is 0 Å². The number of rotatable bonds is 4. The third kappa shape index (κ3) is 2.02. The molecule has 13 heavy (non-hydrogen) atoms. The third-order valence-electron chi connectivity index (χ3n) is 3.25. The molecule has 0 aromatic heterocycles. The van der Waals surface area contributed by atoms with Gasteiger partial charge in [-0.25, -0.2) is 0 Å². The van der Waals surface area contributed by atoms with E-state index in [1.807, 2.05) is 0 Å². The third-order valence-corrected chi connectivity index (χ3v) is 3.25. The number of aliphatic hydroxyl groups is 1. The molecule has 2 rings (SSSR count). The second kappa shape index (κ2) is 3.66. The molecule has 2 unspecified atom stereocenters. The normalized spacial score (nSPS) is 35.6. The molecule has 0 spiro atoms. The topological polar surface area (TPSA) is 49.3 Å². The molecule has 74 valence electrons. The van der Waals surface area contributed by atoms with E-state index >= 15 is 0 Å². The number of fused-ring (bicyclic) bond motifs is 1. The van der Waals surface area contributed by atoms with E-state index in [0.717, 1.165) is 24.7 Å². The second-order valence-electron chi connectivity index (χ2n) is 4.29. The molecule has 0 heterocycles. The molecule has 2 atom stereocenters. The Morgan fingerprint density at radius 3 is 2.62 bits per heavy atom. The van der Waals surface area contributed by atoms with Gasteiger partial charge in [0.2, 0.25) is 5.91 Å². The van der Waals surface area contributed by atoms with Gasteiger partial charge in [0.1, 0.15) is 0 Å². The van der Waals surface area contributed by atoms with Crippen molar-refractivity contribution >= 4 is 5.91 Å². The summed E-state index contributed by atoms with van der Waals surface area (Å²) in [6.45, 7) is 0.789. The van der Waals surface area contributed by atoms with E-state index in [2.05, 4.69) is 5.32 Å². The van der Waals surface area contributed by atoms with Crippen LogP contribution in [0.3, 0.4) is 0 Å². The Morgan fingerprint density at radius 1 is 1.31 bits per heavy atom. The molecule has 0 saturated heterocycles. The molecule has 0 radical (unpaired) electrons. The predicted molar refractivity (Wildman–Crippen MR) is 49.0 cm³/mol. The van der Waals surface area contributed by atoms with Gasteiger partial charge in [-0.3, -0.25) is 4.79 Å². The van der Waals surface area contributed by atoms with Crippen LogP contribution in [0.25, 0.3) is 0 Å². The van der Waals surface area contributed by atoms with Crippen LogP contribution in [-0.4, -0.2) is 24.2 Å². The fraction of sp³-hybridized carbons (Fsp3) is 0.900. The zero-order valence-electron chi connectivity index (χ0n) is 7.83. The van der Waals surface area contributed by atoms with E-state index in [9.17, 15) is 4.79 Å². The van der Waals surface area contributed by atoms with Crippen molar-refractivity contribution in [3.8, 4) is 0 Å². The number of nitrogens with one attached hydrogen (secondary N) is 1. The van der Waals surface area contributed by atoms with Gasteiger partial charge >= 0.3 is 0 Å². The Balaban J connectivity index is 1.66. The van der Waals surface area contributed by atoms with Crippen molar-refractivity contribution < 1.29 is 9.90 Å². The molecule has 0 aromatic rings. The maximum atomic E-state index is 11.5. The van der Waals surface area contributed by atoms with Crippen LogP contribution in [-0.2, 0) is 4.79 Å². The van der Waals surface area contributed by atoms with Gasteiger partial charge in [-0.15, -0.1) is 0 Å². The lowest BCUT2D eigenvalue weighted by molar-refractivity contribution is -0.125. The van der Waals surface area contributed by atoms with Gasteiger partial charge < -0.3 is 10.4 Å². The molecular formula is C10H17NO2. The lowest BCUT2D eigenvalue weighted by Crippen LogP contribution is -2.31. The zero-order chi connectivity index (χ0) is 9.26. The number of hydrogen-bond donors (Lipinski definition) is 2. The highest BCUT2D eigenvalue weighted by molar-refractivity contribution is 5.79. The van der Waals surface area contributed by atoms with Crippen molar-refractivity contribution in [2.24, 2.45) is 17.8 Å². The Bertz CT molecular complexity index is 195. The molecule has 3 nitrogen and oxygen atoms in total. The van der Waals surface area contributed by atoms with E-state index in [1.165, 1.54) is 6.42 Å². The molecule has 1 amide bonds. The highest BCUT2D eigenvalue weighted by Gasteiger charge is 2.47. The number of hydrogen-bond acceptors (Lipinski definition) is 2. The van der Waals surface area contributed by atoms with E-state index in [0.29, 0.717) is 13.0 Å². The van der Waals surface area contributed by atoms with Crippen LogP contribution in [0.1, 0.15) is 25.7 Å². The maximum absolute atomic E-state index is 11.5. The first-order chi connectivity index (χ1) is 6.31. The summed E-state index contributed by atoms with van der Waals surface area (Å²) >= 11 is 0. The van der Waals surface area contributed by atoms with Crippen LogP contribution in [0.4, 0.5) is 0 Å². The Hall–Kier alpha value is -0.570. The van der Waals surface area contributed by atoms with Gasteiger partial charge in [-0.05, 0) is 37.5 Å². The van der Waals surface area contributed by atoms with Crippen molar-refractivity contribution in [1.29, 1.82) is 0 Å². The minimum Gasteiger partial charge on any atom is -0.396 e. The van der Waals surface area contributed by atoms with Crippen molar-refractivity contribution in [1.82, 2.24) is 5.32 Å². The molecule has 3 heteroatoms. The lowest BCUT2D eigenvalue weighted by atomic mass is 10.0. The van der Waals surface area contributed by atoms with Crippen LogP contribution in [0.5, 0.6) is 0 Å². The predicted octanol–water partition coefficient (Wildman–Crippen LogP) is 0.531. The molecule has 2 N–H and O–H groups in total. The molecule has 0 aromatic carbocycles. The molecule has 2 aliphatic rings. The summed E-state index contributed by atoms with van der Waals surface area (Å²) in [5.41, 5.74) is 0. The molecule has 0 aliphatic heterocycles. The van der Waals surface area contributed by atoms with Gasteiger partial charge in [0, 0.05) is 19.1 Å². The molecule has 2 saturated carbocycles. The van der Waals surface area contributed by atoms with Crippen molar-refractivity contribution in [2.45, 2.75) is 25.7 Å². The fourth-order valence-electron chi connectivity index (χ4n) is 2.36. The van der Waals surface area contributed by atoms with Gasteiger partial charge in [0.25, 0.3) is 0 Å². The van der Waals surface area contributed by atoms with Crippen molar-refractivity contribution in [2.75, 3.05) is 13.2 Å². The first-order valence-electron chi connectivity index (χ1n) is 5.20. The first kappa shape index (κ1) is 9.00. The summed E-state index contributed by atoms with van der Waals surface area (Å²) in [5.74, 6) is 2.23. The van der Waals surface area contributed by atoms with Crippen LogP contribution in [0.2, 0.25) is 0 Å². The first-order valence-corrected chi connectivity index (χ1v) is 5.20. The van der Waals surface area contributed by atoms with E-state index in [4.69, 9.17) is 5.11 Å². The molecule has 2 fully saturated rings. The number of carbonyl (C=O) groups is 1. The summed E-state index contributed by atoms with van der Waals surface area (Å²) in [7, 11) is 0. The van der Waals surface area contributed by atoms with Crippen LogP contribution >= 0.6 is 0 Å². The smallest absolute Gasteiger partial charge is 0.223 e. The maximum Gasteiger partial charge on any atom is 0.223 e. The Labute approximate surface area is 78.5 Å². The van der Waals surface area contributed by atoms with Gasteiger partial charge in [-0.2, -0.15) is 0 Å². The van der Waals surface area contributed by atoms with E-state index < -0.39 is 0 Å². The number of amides is 1. The number of aliphatic hydroxyl groups excluding tert-OH is 1. The van der Waals surface area contributed by atoms with Crippen LogP contribution < -0.4 is 5.32 Å². The lowest BCUT2D eigenvalue weighted by Gasteiger charge is -2.11. The standard InChI is InChI=1S/C10H17NO2/c12-3-1-2-11-10(13)9-5-7-4-8(7)6-9/h7-9,12H,1-6H2,(H,11,13). The largest absolute Gasteiger partial charge is 0.396 e. The van der Waals surface area contributed by atoms with Crippen molar-refractivity contribution in [3.05, 3.63) is 0 Å². The van der Waals surface area contributed by atoms with E-state index in [-0.39, 0.29) is 18.4 Å². The summed E-state index contributed by atoms with van der Waals surface area (Å²) in [6.07, 6.45) is 4.25. The van der Waals surface area contributed by atoms with Gasteiger partial charge in [0.05, 0.1) is 0 Å². The monoisotopic (exact) mass is 183 g/mol. The van der Waals surface area contributed by atoms with Crippen LogP contribution in [0.15, 0.2) is 0 Å². The van der Waals surface area contributed by atoms with Gasteiger partial charge in [-0.1, -0.05) is 0 Å². The molecular weight excluding hydrogens is 166 g/mol. The Kier molecular flexibility index (Phi) is 2.54. The summed E-state index contributed by atoms with van der Waals surface area (Å²) in [5, 5.41) is 11.4. The summed E-state index contributed by atoms with van der Waals surface area (Å²) in [4.78, 5) is 11.5. The minimum atomic E-state index is 0.163. The SMILES string of the molecule is O=C(NCCCO)C1CC2CC2C1. The molecule has 2 aliphatic carbocycles. The summed E-state index contributed by atoms with van der Waals surface area (Å²) < 4.78 is 0. The quantitative estimate of drug-likeness (QED) is 0.625. The highest BCUT2D eigenvalue weighted by atomic mass is 16.3. The highest BCUT2D eigenvalue weighted by Crippen LogP contribution is 2.54.